The van der Waals surface area contributed by atoms with E-state index < -0.39 is 0 Å². The first kappa shape index (κ1) is 15.4. The molecule has 0 bridgehead atoms. The van der Waals surface area contributed by atoms with E-state index in [-0.39, 0.29) is 12.2 Å². The van der Waals surface area contributed by atoms with Crippen molar-refractivity contribution in [2.24, 2.45) is 11.7 Å². The van der Waals surface area contributed by atoms with E-state index in [1.807, 2.05) is 13.8 Å². The molecule has 0 aromatic carbocycles. The highest BCUT2D eigenvalue weighted by molar-refractivity contribution is 5.73. The summed E-state index contributed by atoms with van der Waals surface area (Å²) in [5, 5.41) is 0. The number of ether oxygens (including phenoxy) is 2. The normalized spacial score (nSPS) is 18.4. The Labute approximate surface area is 110 Å². The largest absolute Gasteiger partial charge is 0.370 e. The van der Waals surface area contributed by atoms with Gasteiger partial charge < -0.3 is 15.2 Å². The highest BCUT2D eigenvalue weighted by atomic mass is 16.7. The van der Waals surface area contributed by atoms with Crippen molar-refractivity contribution in [3.63, 3.8) is 0 Å². The molecule has 18 heavy (non-hydrogen) atoms. The second-order valence-corrected chi connectivity index (χ2v) is 4.75. The van der Waals surface area contributed by atoms with E-state index in [1.54, 1.807) is 0 Å². The quantitative estimate of drug-likeness (QED) is 0.659. The van der Waals surface area contributed by atoms with Crippen LogP contribution < -0.4 is 5.73 Å². The molecule has 2 N–H and O–H groups in total. The van der Waals surface area contributed by atoms with Crippen LogP contribution in [0.3, 0.4) is 0 Å². The van der Waals surface area contributed by atoms with Crippen molar-refractivity contribution in [3.05, 3.63) is 0 Å². The summed E-state index contributed by atoms with van der Waals surface area (Å²) >= 11 is 0. The molecule has 0 aromatic rings. The predicted octanol–water partition coefficient (Wildman–Crippen LogP) is 0.973. The first-order valence-corrected chi connectivity index (χ1v) is 6.89. The lowest BCUT2D eigenvalue weighted by atomic mass is 9.93. The van der Waals surface area contributed by atoms with E-state index in [2.05, 4.69) is 4.90 Å². The molecule has 0 saturated carbocycles. The number of piperidine rings is 1. The number of nitrogens with two attached hydrogens (primary N) is 1. The molecular weight excluding hydrogens is 232 g/mol. The topological polar surface area (TPSA) is 64.8 Å². The minimum atomic E-state index is -0.185. The Kier molecular flexibility index (Phi) is 7.23. The zero-order valence-corrected chi connectivity index (χ0v) is 11.6. The molecule has 1 aliphatic rings. The smallest absolute Gasteiger partial charge is 0.217 e. The van der Waals surface area contributed by atoms with Crippen LogP contribution in [0.1, 0.15) is 33.1 Å². The number of nitrogens with zero attached hydrogens (tertiary/aromatic N) is 1. The number of likely N-dealkylation sites (tertiary alicyclic amines) is 1. The van der Waals surface area contributed by atoms with Crippen LogP contribution in [-0.4, -0.2) is 49.9 Å². The molecule has 0 atom stereocenters. The number of carbonyl (C=O) groups excluding carboxylic acids is 1. The summed E-state index contributed by atoms with van der Waals surface area (Å²) in [5.74, 6) is 0.270. The molecular formula is C13H26N2O3. The molecule has 0 aliphatic carbocycles. The minimum absolute atomic E-state index is 0.132. The number of hydrogen-bond donors (Lipinski definition) is 1. The van der Waals surface area contributed by atoms with Gasteiger partial charge in [-0.15, -0.1) is 0 Å². The van der Waals surface area contributed by atoms with Gasteiger partial charge in [-0.3, -0.25) is 9.69 Å². The van der Waals surface area contributed by atoms with Crippen LogP contribution >= 0.6 is 0 Å². The molecule has 106 valence electrons. The Morgan fingerprint density at radius 2 is 1.83 bits per heavy atom. The summed E-state index contributed by atoms with van der Waals surface area (Å²) in [5.41, 5.74) is 5.23. The second-order valence-electron chi connectivity index (χ2n) is 4.75. The zero-order valence-electron chi connectivity index (χ0n) is 11.6. The molecule has 1 heterocycles. The summed E-state index contributed by atoms with van der Waals surface area (Å²) < 4.78 is 11.1. The van der Waals surface area contributed by atoms with Crippen LogP contribution in [0.5, 0.6) is 0 Å². The SMILES string of the molecule is CCOC(CN1CCC(CC(N)=O)CC1)OCC. The molecule has 5 heteroatoms. The van der Waals surface area contributed by atoms with Gasteiger partial charge in [-0.25, -0.2) is 0 Å². The molecule has 1 fully saturated rings. The molecule has 1 saturated heterocycles. The molecule has 5 nitrogen and oxygen atoms in total. The van der Waals surface area contributed by atoms with Crippen molar-refractivity contribution in [1.82, 2.24) is 4.90 Å². The highest BCUT2D eigenvalue weighted by Crippen LogP contribution is 2.20. The highest BCUT2D eigenvalue weighted by Gasteiger charge is 2.22. The van der Waals surface area contributed by atoms with Crippen LogP contribution in [0.25, 0.3) is 0 Å². The third-order valence-corrected chi connectivity index (χ3v) is 3.31. The maximum absolute atomic E-state index is 10.9. The van der Waals surface area contributed by atoms with E-state index in [1.165, 1.54) is 0 Å². The van der Waals surface area contributed by atoms with Crippen molar-refractivity contribution in [3.8, 4) is 0 Å². The van der Waals surface area contributed by atoms with Gasteiger partial charge in [0.15, 0.2) is 6.29 Å². The van der Waals surface area contributed by atoms with Crippen molar-refractivity contribution in [2.45, 2.75) is 39.4 Å². The maximum atomic E-state index is 10.9. The molecule has 0 radical (unpaired) electrons. The molecule has 0 spiro atoms. The lowest BCUT2D eigenvalue weighted by Crippen LogP contribution is -2.41. The van der Waals surface area contributed by atoms with E-state index in [0.717, 1.165) is 32.5 Å². The first-order chi connectivity index (χ1) is 8.65. The average Bonchev–Trinajstić information content (AvgIpc) is 2.31. The summed E-state index contributed by atoms with van der Waals surface area (Å²) in [6.07, 6.45) is 2.46. The van der Waals surface area contributed by atoms with Gasteiger partial charge in [-0.05, 0) is 45.7 Å². The summed E-state index contributed by atoms with van der Waals surface area (Å²) in [6, 6.07) is 0. The van der Waals surface area contributed by atoms with Crippen LogP contribution in [0, 0.1) is 5.92 Å². The molecule has 1 amide bonds. The van der Waals surface area contributed by atoms with Gasteiger partial charge in [0.1, 0.15) is 0 Å². The van der Waals surface area contributed by atoms with Crippen LogP contribution in [0.4, 0.5) is 0 Å². The zero-order chi connectivity index (χ0) is 13.4. The molecule has 1 aliphatic heterocycles. The number of primary amides is 1. The van der Waals surface area contributed by atoms with Gasteiger partial charge >= 0.3 is 0 Å². The molecule has 0 aromatic heterocycles. The first-order valence-electron chi connectivity index (χ1n) is 6.89. The van der Waals surface area contributed by atoms with E-state index >= 15 is 0 Å². The monoisotopic (exact) mass is 258 g/mol. The standard InChI is InChI=1S/C13H26N2O3/c1-3-17-13(18-4-2)10-15-7-5-11(6-8-15)9-12(14)16/h11,13H,3-10H2,1-2H3,(H2,14,16). The predicted molar refractivity (Wildman–Crippen MR) is 70.0 cm³/mol. The Balaban J connectivity index is 2.26. The Hall–Kier alpha value is -0.650. The Bertz CT molecular complexity index is 234. The van der Waals surface area contributed by atoms with Gasteiger partial charge in [0, 0.05) is 26.2 Å². The van der Waals surface area contributed by atoms with Crippen molar-refractivity contribution in [1.29, 1.82) is 0 Å². The van der Waals surface area contributed by atoms with Crippen molar-refractivity contribution in [2.75, 3.05) is 32.8 Å². The fraction of sp³-hybridized carbons (Fsp3) is 0.923. The van der Waals surface area contributed by atoms with Gasteiger partial charge in [0.05, 0.1) is 0 Å². The maximum Gasteiger partial charge on any atom is 0.217 e. The Morgan fingerprint density at radius 1 is 1.28 bits per heavy atom. The number of carbonyl (C=O) groups is 1. The number of hydrogen-bond acceptors (Lipinski definition) is 4. The van der Waals surface area contributed by atoms with Gasteiger partial charge in [0.2, 0.25) is 5.91 Å². The average molecular weight is 258 g/mol. The van der Waals surface area contributed by atoms with E-state index in [0.29, 0.717) is 25.6 Å². The lowest BCUT2D eigenvalue weighted by molar-refractivity contribution is -0.149. The van der Waals surface area contributed by atoms with Crippen molar-refractivity contribution < 1.29 is 14.3 Å². The summed E-state index contributed by atoms with van der Waals surface area (Å²) in [6.45, 7) is 8.09. The van der Waals surface area contributed by atoms with Crippen molar-refractivity contribution >= 4 is 5.91 Å². The minimum Gasteiger partial charge on any atom is -0.370 e. The lowest BCUT2D eigenvalue weighted by Gasteiger charge is -2.33. The van der Waals surface area contributed by atoms with E-state index in [9.17, 15) is 4.79 Å². The summed E-state index contributed by atoms with van der Waals surface area (Å²) in [4.78, 5) is 13.2. The van der Waals surface area contributed by atoms with Crippen LogP contribution in [0.15, 0.2) is 0 Å². The van der Waals surface area contributed by atoms with Crippen LogP contribution in [-0.2, 0) is 14.3 Å². The van der Waals surface area contributed by atoms with Gasteiger partial charge in [0.25, 0.3) is 0 Å². The fourth-order valence-electron chi connectivity index (χ4n) is 2.39. The van der Waals surface area contributed by atoms with Crippen LogP contribution in [0.2, 0.25) is 0 Å². The van der Waals surface area contributed by atoms with Gasteiger partial charge in [-0.1, -0.05) is 0 Å². The van der Waals surface area contributed by atoms with Gasteiger partial charge in [-0.2, -0.15) is 0 Å². The Morgan fingerprint density at radius 3 is 2.28 bits per heavy atom. The summed E-state index contributed by atoms with van der Waals surface area (Å²) in [7, 11) is 0. The molecule has 1 rings (SSSR count). The van der Waals surface area contributed by atoms with E-state index in [4.69, 9.17) is 15.2 Å². The molecule has 0 unspecified atom stereocenters. The third-order valence-electron chi connectivity index (χ3n) is 3.31. The number of rotatable bonds is 8. The third kappa shape index (κ3) is 5.80. The number of amides is 1. The fourth-order valence-corrected chi connectivity index (χ4v) is 2.39. The second kappa shape index (κ2) is 8.45.